The van der Waals surface area contributed by atoms with Gasteiger partial charge in [0.15, 0.2) is 23.0 Å². The van der Waals surface area contributed by atoms with Gasteiger partial charge >= 0.3 is 0 Å². The van der Waals surface area contributed by atoms with Crippen LogP contribution in [0.2, 0.25) is 0 Å². The number of hydrogen-bond donors (Lipinski definition) is 0. The first kappa shape index (κ1) is 14.0. The van der Waals surface area contributed by atoms with E-state index in [1.165, 1.54) is 11.1 Å². The Balaban J connectivity index is 1.83. The van der Waals surface area contributed by atoms with Crippen LogP contribution in [-0.4, -0.2) is 38.1 Å². The number of hydrogen-bond acceptors (Lipinski definition) is 4. The van der Waals surface area contributed by atoms with Crippen molar-refractivity contribution < 1.29 is 19.0 Å². The van der Waals surface area contributed by atoms with Crippen molar-refractivity contribution in [3.05, 3.63) is 46.9 Å². The van der Waals surface area contributed by atoms with Crippen molar-refractivity contribution in [2.75, 3.05) is 20.8 Å². The lowest BCUT2D eigenvalue weighted by Crippen LogP contribution is -2.59. The third kappa shape index (κ3) is 1.39. The molecular weight excluding hydrogens is 306 g/mol. The molecule has 0 saturated carbocycles. The number of methoxy groups -OCH3 is 2. The van der Waals surface area contributed by atoms with Gasteiger partial charge in [-0.1, -0.05) is 12.1 Å². The summed E-state index contributed by atoms with van der Waals surface area (Å²) in [4.78, 5) is 13.5. The number of rotatable bonds is 3. The molecule has 5 heteroatoms. The largest absolute Gasteiger partial charge is 0.493 e. The first-order valence-corrected chi connectivity index (χ1v) is 8.30. The number of piperidine rings is 1. The molecule has 2 aliphatic heterocycles. The fourth-order valence-electron chi connectivity index (χ4n) is 5.15. The van der Waals surface area contributed by atoms with E-state index in [9.17, 15) is 4.79 Å². The Morgan fingerprint density at radius 3 is 2.96 bits per heavy atom. The molecule has 1 fully saturated rings. The van der Waals surface area contributed by atoms with E-state index >= 15 is 0 Å². The molecule has 1 amide bonds. The minimum absolute atomic E-state index is 0.163. The van der Waals surface area contributed by atoms with Crippen LogP contribution in [0.15, 0.2) is 35.8 Å². The van der Waals surface area contributed by atoms with Crippen LogP contribution < -0.4 is 9.47 Å². The summed E-state index contributed by atoms with van der Waals surface area (Å²) in [5.74, 6) is 3.46. The molecule has 0 N–H and O–H groups in total. The molecule has 2 bridgehead atoms. The first-order valence-electron chi connectivity index (χ1n) is 8.30. The Hall–Kier alpha value is -2.43. The Bertz CT molecular complexity index is 812. The van der Waals surface area contributed by atoms with E-state index in [1.807, 2.05) is 17.0 Å². The zero-order valence-electron chi connectivity index (χ0n) is 13.7. The molecule has 3 atom stereocenters. The topological polar surface area (TPSA) is 48.0 Å². The molecule has 0 radical (unpaired) electrons. The molecule has 24 heavy (non-hydrogen) atoms. The third-order valence-electron chi connectivity index (χ3n) is 6.12. The summed E-state index contributed by atoms with van der Waals surface area (Å²) in [7, 11) is 3.35. The van der Waals surface area contributed by atoms with E-state index in [2.05, 4.69) is 12.1 Å². The molecule has 5 rings (SSSR count). The average Bonchev–Trinajstić information content (AvgIpc) is 2.96. The smallest absolute Gasteiger partial charge is 0.209 e. The van der Waals surface area contributed by atoms with Crippen LogP contribution in [0.25, 0.3) is 0 Å². The lowest BCUT2D eigenvalue weighted by atomic mass is 9.55. The summed E-state index contributed by atoms with van der Waals surface area (Å²) in [6, 6.07) is 4.24. The number of ether oxygens (including phenoxy) is 3. The maximum Gasteiger partial charge on any atom is 0.209 e. The van der Waals surface area contributed by atoms with Crippen molar-refractivity contribution in [1.29, 1.82) is 0 Å². The molecule has 0 unspecified atom stereocenters. The van der Waals surface area contributed by atoms with Gasteiger partial charge in [0.1, 0.15) is 0 Å². The lowest BCUT2D eigenvalue weighted by Gasteiger charge is -2.53. The Kier molecular flexibility index (Phi) is 2.65. The molecule has 2 aliphatic carbocycles. The molecule has 4 aliphatic rings. The second kappa shape index (κ2) is 4.56. The van der Waals surface area contributed by atoms with Crippen LogP contribution in [0.4, 0.5) is 0 Å². The van der Waals surface area contributed by atoms with Crippen molar-refractivity contribution in [2.45, 2.75) is 24.3 Å². The summed E-state index contributed by atoms with van der Waals surface area (Å²) in [5.41, 5.74) is 2.25. The van der Waals surface area contributed by atoms with E-state index in [1.54, 1.807) is 14.2 Å². The fourth-order valence-corrected chi connectivity index (χ4v) is 5.15. The van der Waals surface area contributed by atoms with Crippen molar-refractivity contribution in [2.24, 2.45) is 5.92 Å². The number of carbonyl (C=O) groups is 1. The highest BCUT2D eigenvalue weighted by molar-refractivity contribution is 5.67. The van der Waals surface area contributed by atoms with Gasteiger partial charge in [-0.25, -0.2) is 0 Å². The second-order valence-electron chi connectivity index (χ2n) is 6.85. The van der Waals surface area contributed by atoms with Crippen LogP contribution in [0.5, 0.6) is 11.5 Å². The molecule has 1 saturated heterocycles. The Labute approximate surface area is 140 Å². The molecule has 124 valence electrons. The van der Waals surface area contributed by atoms with Crippen LogP contribution in [0, 0.1) is 5.92 Å². The van der Waals surface area contributed by atoms with Crippen molar-refractivity contribution in [3.8, 4) is 11.5 Å². The minimum atomic E-state index is -0.234. The van der Waals surface area contributed by atoms with E-state index < -0.39 is 0 Å². The van der Waals surface area contributed by atoms with Crippen molar-refractivity contribution >= 4 is 6.41 Å². The molecule has 2 heterocycles. The molecule has 1 spiro atoms. The van der Waals surface area contributed by atoms with Crippen LogP contribution >= 0.6 is 0 Å². The quantitative estimate of drug-likeness (QED) is 0.799. The average molecular weight is 325 g/mol. The van der Waals surface area contributed by atoms with Crippen molar-refractivity contribution in [1.82, 2.24) is 4.90 Å². The van der Waals surface area contributed by atoms with Gasteiger partial charge in [0.2, 0.25) is 6.41 Å². The standard InChI is InChI=1S/C19H19NO4/c1-22-14-5-3-11-9-13-12-4-6-15(23-2)18-19(12,7-8-20(13)10-21)16(11)17(14)24-18/h3-6,10,12-13H,7-9H2,1-2H3/t12-,13+,19+/m1/s1. The SMILES string of the molecule is COC1=C2Oc3c(OC)ccc4c3[C@@]23CCN(C=O)[C@@H](C4)[C@H]3C=C1. The number of likely N-dealkylation sites (tertiary alicyclic amines) is 1. The van der Waals surface area contributed by atoms with E-state index in [0.29, 0.717) is 0 Å². The highest BCUT2D eigenvalue weighted by Crippen LogP contribution is 2.63. The maximum absolute atomic E-state index is 11.6. The summed E-state index contributed by atoms with van der Waals surface area (Å²) in [6.45, 7) is 0.735. The zero-order valence-corrected chi connectivity index (χ0v) is 13.7. The van der Waals surface area contributed by atoms with Gasteiger partial charge in [0.25, 0.3) is 0 Å². The predicted molar refractivity (Wildman–Crippen MR) is 86.8 cm³/mol. The lowest BCUT2D eigenvalue weighted by molar-refractivity contribution is -0.124. The summed E-state index contributed by atoms with van der Waals surface area (Å²) < 4.78 is 17.5. The van der Waals surface area contributed by atoms with Crippen LogP contribution in [0.1, 0.15) is 17.5 Å². The molecule has 5 nitrogen and oxygen atoms in total. The van der Waals surface area contributed by atoms with Crippen LogP contribution in [-0.2, 0) is 21.4 Å². The van der Waals surface area contributed by atoms with E-state index in [-0.39, 0.29) is 17.4 Å². The third-order valence-corrected chi connectivity index (χ3v) is 6.12. The van der Waals surface area contributed by atoms with Crippen LogP contribution in [0.3, 0.4) is 0 Å². The molecule has 0 aromatic heterocycles. The van der Waals surface area contributed by atoms with Gasteiger partial charge < -0.3 is 19.1 Å². The van der Waals surface area contributed by atoms with Gasteiger partial charge in [-0.05, 0) is 30.5 Å². The first-order chi connectivity index (χ1) is 11.7. The van der Waals surface area contributed by atoms with Gasteiger partial charge in [0.05, 0.1) is 19.6 Å². The summed E-state index contributed by atoms with van der Waals surface area (Å²) in [5, 5.41) is 0. The molecular formula is C19H19NO4. The number of benzene rings is 1. The molecule has 1 aromatic rings. The minimum Gasteiger partial charge on any atom is -0.493 e. The number of amides is 1. The Morgan fingerprint density at radius 2 is 2.21 bits per heavy atom. The fraction of sp³-hybridized carbons (Fsp3) is 0.421. The maximum atomic E-state index is 11.6. The molecule has 1 aromatic carbocycles. The highest BCUT2D eigenvalue weighted by Gasteiger charge is 2.62. The Morgan fingerprint density at radius 1 is 1.33 bits per heavy atom. The van der Waals surface area contributed by atoms with Gasteiger partial charge in [-0.3, -0.25) is 4.79 Å². The highest BCUT2D eigenvalue weighted by atomic mass is 16.5. The van der Waals surface area contributed by atoms with Gasteiger partial charge in [-0.15, -0.1) is 0 Å². The van der Waals surface area contributed by atoms with Gasteiger partial charge in [-0.2, -0.15) is 0 Å². The predicted octanol–water partition coefficient (Wildman–Crippen LogP) is 2.16. The summed E-state index contributed by atoms with van der Waals surface area (Å²) >= 11 is 0. The van der Waals surface area contributed by atoms with Gasteiger partial charge in [0, 0.05) is 24.1 Å². The monoisotopic (exact) mass is 325 g/mol. The number of allylic oxidation sites excluding steroid dienone is 2. The normalized spacial score (nSPS) is 31.5. The van der Waals surface area contributed by atoms with E-state index in [4.69, 9.17) is 14.2 Å². The van der Waals surface area contributed by atoms with E-state index in [0.717, 1.165) is 48.8 Å². The summed E-state index contributed by atoms with van der Waals surface area (Å²) in [6.07, 6.45) is 6.87. The van der Waals surface area contributed by atoms with Crippen molar-refractivity contribution in [3.63, 3.8) is 0 Å². The number of carbonyl (C=O) groups excluding carboxylic acids is 1. The second-order valence-corrected chi connectivity index (χ2v) is 6.85. The number of nitrogens with zero attached hydrogens (tertiary/aromatic N) is 1. The zero-order chi connectivity index (χ0) is 16.5.